The predicted octanol–water partition coefficient (Wildman–Crippen LogP) is 1.88. The number of nitrogens with one attached hydrogen (secondary N) is 2. The third kappa shape index (κ3) is 4.82. The van der Waals surface area contributed by atoms with E-state index in [1.807, 2.05) is 13.8 Å². The van der Waals surface area contributed by atoms with E-state index in [1.54, 1.807) is 18.3 Å². The molecular formula is C13H19N5O2S. The number of hydrogen-bond acceptors (Lipinski definition) is 6. The first-order valence-corrected chi connectivity index (χ1v) is 7.60. The van der Waals surface area contributed by atoms with Gasteiger partial charge >= 0.3 is 6.03 Å². The van der Waals surface area contributed by atoms with Gasteiger partial charge in [0.2, 0.25) is 5.89 Å². The molecule has 0 fully saturated rings. The maximum atomic E-state index is 11.7. The zero-order chi connectivity index (χ0) is 15.2. The standard InChI is InChI=1S/C13H19N5O2S/c1-8-11(21-10(3)16-8)7-15-13(19)14-6-4-5-12-17-9(2)18-20-12/h4-7H2,1-3H3,(H2,14,15,19). The number of hydrogen-bond donors (Lipinski definition) is 2. The first kappa shape index (κ1) is 15.4. The van der Waals surface area contributed by atoms with E-state index in [1.165, 1.54) is 0 Å². The number of aromatic nitrogens is 3. The normalized spacial score (nSPS) is 10.6. The van der Waals surface area contributed by atoms with Gasteiger partial charge in [-0.1, -0.05) is 5.16 Å². The summed E-state index contributed by atoms with van der Waals surface area (Å²) in [6.07, 6.45) is 1.42. The average Bonchev–Trinajstić information content (AvgIpc) is 2.98. The summed E-state index contributed by atoms with van der Waals surface area (Å²) in [4.78, 5) is 21.2. The summed E-state index contributed by atoms with van der Waals surface area (Å²) in [6, 6.07) is -0.179. The van der Waals surface area contributed by atoms with Gasteiger partial charge in [0.05, 0.1) is 17.2 Å². The lowest BCUT2D eigenvalue weighted by Gasteiger charge is -2.06. The van der Waals surface area contributed by atoms with Gasteiger partial charge in [-0.2, -0.15) is 4.98 Å². The Kier molecular flexibility index (Phi) is 5.26. The van der Waals surface area contributed by atoms with Crippen molar-refractivity contribution in [3.63, 3.8) is 0 Å². The Bertz CT molecular complexity index is 607. The molecule has 0 aliphatic rings. The highest BCUT2D eigenvalue weighted by atomic mass is 32.1. The zero-order valence-electron chi connectivity index (χ0n) is 12.4. The van der Waals surface area contributed by atoms with Crippen molar-refractivity contribution in [2.75, 3.05) is 6.54 Å². The first-order valence-electron chi connectivity index (χ1n) is 6.78. The van der Waals surface area contributed by atoms with Gasteiger partial charge in [-0.3, -0.25) is 0 Å². The minimum absolute atomic E-state index is 0.179. The monoisotopic (exact) mass is 309 g/mol. The number of thiazole rings is 1. The molecule has 2 rings (SSSR count). The van der Waals surface area contributed by atoms with Gasteiger partial charge in [0.15, 0.2) is 5.82 Å². The molecule has 8 heteroatoms. The van der Waals surface area contributed by atoms with Crippen molar-refractivity contribution in [3.8, 4) is 0 Å². The SMILES string of the molecule is Cc1noc(CCCNC(=O)NCc2sc(C)nc2C)n1. The Hall–Kier alpha value is -1.96. The van der Waals surface area contributed by atoms with Crippen molar-refractivity contribution >= 4 is 17.4 Å². The lowest BCUT2D eigenvalue weighted by molar-refractivity contribution is 0.240. The highest BCUT2D eigenvalue weighted by Crippen LogP contribution is 2.16. The van der Waals surface area contributed by atoms with E-state index < -0.39 is 0 Å². The predicted molar refractivity (Wildman–Crippen MR) is 79.2 cm³/mol. The molecule has 21 heavy (non-hydrogen) atoms. The lowest BCUT2D eigenvalue weighted by atomic mass is 10.3. The number of rotatable bonds is 6. The third-order valence-corrected chi connectivity index (χ3v) is 3.90. The number of aryl methyl sites for hydroxylation is 4. The van der Waals surface area contributed by atoms with Crippen LogP contribution in [0.5, 0.6) is 0 Å². The maximum Gasteiger partial charge on any atom is 0.315 e. The lowest BCUT2D eigenvalue weighted by Crippen LogP contribution is -2.35. The smallest absolute Gasteiger partial charge is 0.315 e. The van der Waals surface area contributed by atoms with Gasteiger partial charge < -0.3 is 15.2 Å². The molecule has 0 saturated heterocycles. The molecule has 0 spiro atoms. The van der Waals surface area contributed by atoms with Crippen LogP contribution >= 0.6 is 11.3 Å². The Morgan fingerprint density at radius 1 is 1.24 bits per heavy atom. The second kappa shape index (κ2) is 7.16. The van der Waals surface area contributed by atoms with Crippen LogP contribution in [0.4, 0.5) is 4.79 Å². The van der Waals surface area contributed by atoms with Crippen LogP contribution in [0.15, 0.2) is 4.52 Å². The quantitative estimate of drug-likeness (QED) is 0.795. The van der Waals surface area contributed by atoms with E-state index in [0.717, 1.165) is 22.0 Å². The Morgan fingerprint density at radius 2 is 2.05 bits per heavy atom. The molecule has 7 nitrogen and oxygen atoms in total. The highest BCUT2D eigenvalue weighted by molar-refractivity contribution is 7.11. The van der Waals surface area contributed by atoms with E-state index in [9.17, 15) is 4.79 Å². The topological polar surface area (TPSA) is 92.9 Å². The van der Waals surface area contributed by atoms with E-state index in [2.05, 4.69) is 25.8 Å². The summed E-state index contributed by atoms with van der Waals surface area (Å²) in [7, 11) is 0. The van der Waals surface area contributed by atoms with E-state index >= 15 is 0 Å². The Morgan fingerprint density at radius 3 is 2.67 bits per heavy atom. The van der Waals surface area contributed by atoms with Crippen molar-refractivity contribution in [3.05, 3.63) is 27.3 Å². The molecule has 0 aliphatic heterocycles. The molecule has 2 N–H and O–H groups in total. The Labute approximate surface area is 127 Å². The molecule has 2 heterocycles. The van der Waals surface area contributed by atoms with Gasteiger partial charge in [0.1, 0.15) is 0 Å². The third-order valence-electron chi connectivity index (χ3n) is 2.83. The van der Waals surface area contributed by atoms with Crippen LogP contribution in [0, 0.1) is 20.8 Å². The molecule has 0 radical (unpaired) electrons. The van der Waals surface area contributed by atoms with E-state index in [0.29, 0.717) is 31.2 Å². The molecule has 2 aromatic rings. The van der Waals surface area contributed by atoms with Crippen LogP contribution in [0.2, 0.25) is 0 Å². The molecule has 114 valence electrons. The molecule has 0 atom stereocenters. The van der Waals surface area contributed by atoms with Gasteiger partial charge in [-0.15, -0.1) is 11.3 Å². The fourth-order valence-electron chi connectivity index (χ4n) is 1.84. The number of nitrogens with zero attached hydrogens (tertiary/aromatic N) is 3. The van der Waals surface area contributed by atoms with Crippen molar-refractivity contribution < 1.29 is 9.32 Å². The molecule has 0 saturated carbocycles. The zero-order valence-corrected chi connectivity index (χ0v) is 13.2. The second-order valence-corrected chi connectivity index (χ2v) is 5.98. The van der Waals surface area contributed by atoms with Gasteiger partial charge in [-0.05, 0) is 27.2 Å². The number of carbonyl (C=O) groups excluding carboxylic acids is 1. The number of carbonyl (C=O) groups is 1. The fourth-order valence-corrected chi connectivity index (χ4v) is 2.72. The first-order chi connectivity index (χ1) is 10.0. The van der Waals surface area contributed by atoms with Crippen molar-refractivity contribution in [1.82, 2.24) is 25.8 Å². The Balaban J connectivity index is 1.62. The largest absolute Gasteiger partial charge is 0.339 e. The summed E-state index contributed by atoms with van der Waals surface area (Å²) in [6.45, 7) is 6.76. The molecule has 0 bridgehead atoms. The van der Waals surface area contributed by atoms with Crippen molar-refractivity contribution in [2.24, 2.45) is 0 Å². The molecule has 0 aliphatic carbocycles. The summed E-state index contributed by atoms with van der Waals surface area (Å²) in [5, 5.41) is 10.4. The van der Waals surface area contributed by atoms with Crippen molar-refractivity contribution in [1.29, 1.82) is 0 Å². The minimum atomic E-state index is -0.179. The highest BCUT2D eigenvalue weighted by Gasteiger charge is 2.07. The number of amides is 2. The summed E-state index contributed by atoms with van der Waals surface area (Å²) >= 11 is 1.60. The van der Waals surface area contributed by atoms with Crippen LogP contribution in [-0.2, 0) is 13.0 Å². The van der Waals surface area contributed by atoms with Gasteiger partial charge in [0.25, 0.3) is 0 Å². The van der Waals surface area contributed by atoms with E-state index in [-0.39, 0.29) is 6.03 Å². The summed E-state index contributed by atoms with van der Waals surface area (Å²) in [5.41, 5.74) is 0.976. The minimum Gasteiger partial charge on any atom is -0.339 e. The molecular weight excluding hydrogens is 290 g/mol. The van der Waals surface area contributed by atoms with Crippen molar-refractivity contribution in [2.45, 2.75) is 40.2 Å². The van der Waals surface area contributed by atoms with Crippen LogP contribution in [0.3, 0.4) is 0 Å². The fraction of sp³-hybridized carbons (Fsp3) is 0.538. The van der Waals surface area contributed by atoms with Crippen LogP contribution < -0.4 is 10.6 Å². The van der Waals surface area contributed by atoms with Crippen LogP contribution in [-0.4, -0.2) is 27.7 Å². The van der Waals surface area contributed by atoms with E-state index in [4.69, 9.17) is 4.52 Å². The van der Waals surface area contributed by atoms with Crippen LogP contribution in [0.1, 0.15) is 33.7 Å². The second-order valence-electron chi connectivity index (χ2n) is 4.69. The van der Waals surface area contributed by atoms with Crippen LogP contribution in [0.25, 0.3) is 0 Å². The van der Waals surface area contributed by atoms with Gasteiger partial charge in [0, 0.05) is 17.8 Å². The molecule has 0 aromatic carbocycles. The number of urea groups is 1. The average molecular weight is 309 g/mol. The molecule has 0 unspecified atom stereocenters. The maximum absolute atomic E-state index is 11.7. The molecule has 2 amide bonds. The summed E-state index contributed by atoms with van der Waals surface area (Å²) < 4.78 is 5.00. The summed E-state index contributed by atoms with van der Waals surface area (Å²) in [5.74, 6) is 1.23. The molecule has 2 aromatic heterocycles. The van der Waals surface area contributed by atoms with Gasteiger partial charge in [-0.25, -0.2) is 9.78 Å².